The van der Waals surface area contributed by atoms with Crippen LogP contribution in [0.25, 0.3) is 0 Å². The van der Waals surface area contributed by atoms with Crippen LogP contribution in [0, 0.1) is 6.92 Å². The molecule has 134 valence electrons. The van der Waals surface area contributed by atoms with Crippen molar-refractivity contribution in [1.82, 2.24) is 14.5 Å². The maximum absolute atomic E-state index is 12.9. The molecule has 0 aliphatic carbocycles. The number of hydrogen-bond donors (Lipinski definition) is 0. The second kappa shape index (κ2) is 8.05. The van der Waals surface area contributed by atoms with Crippen LogP contribution in [0.5, 0.6) is 0 Å². The third-order valence-electron chi connectivity index (χ3n) is 4.98. The van der Waals surface area contributed by atoms with Crippen LogP contribution < -0.4 is 0 Å². The van der Waals surface area contributed by atoms with Crippen LogP contribution >= 0.6 is 11.6 Å². The average molecular weight is 360 g/mol. The Hall–Kier alpha value is -1.81. The third kappa shape index (κ3) is 4.06. The predicted molar refractivity (Wildman–Crippen MR) is 101 cm³/mol. The van der Waals surface area contributed by atoms with E-state index < -0.39 is 0 Å². The molecule has 25 heavy (non-hydrogen) atoms. The molecule has 0 unspecified atom stereocenters. The summed E-state index contributed by atoms with van der Waals surface area (Å²) in [5, 5.41) is 0.700. The Balaban J connectivity index is 1.73. The first-order chi connectivity index (χ1) is 12.1. The van der Waals surface area contributed by atoms with E-state index in [-0.39, 0.29) is 5.91 Å². The first kappa shape index (κ1) is 18.0. The molecule has 1 amide bonds. The Labute approximate surface area is 154 Å². The zero-order chi connectivity index (χ0) is 17.8. The van der Waals surface area contributed by atoms with E-state index in [1.807, 2.05) is 36.2 Å². The number of carbonyl (C=O) groups excluding carboxylic acids is 1. The van der Waals surface area contributed by atoms with Crippen LogP contribution in [0.4, 0.5) is 0 Å². The van der Waals surface area contributed by atoms with Crippen molar-refractivity contribution in [2.45, 2.75) is 52.0 Å². The van der Waals surface area contributed by atoms with E-state index in [9.17, 15) is 4.79 Å². The maximum atomic E-state index is 12.9. The van der Waals surface area contributed by atoms with Crippen LogP contribution in [0.2, 0.25) is 5.02 Å². The van der Waals surface area contributed by atoms with E-state index in [4.69, 9.17) is 11.6 Å². The highest BCUT2D eigenvalue weighted by atomic mass is 35.5. The van der Waals surface area contributed by atoms with Crippen LogP contribution in [0.15, 0.2) is 30.6 Å². The first-order valence-corrected chi connectivity index (χ1v) is 9.54. The summed E-state index contributed by atoms with van der Waals surface area (Å²) in [5.74, 6) is 1.53. The lowest BCUT2D eigenvalue weighted by atomic mass is 9.96. The molecule has 0 spiro atoms. The fraction of sp³-hybridized carbons (Fsp3) is 0.500. The normalized spacial score (nSPS) is 17.7. The molecule has 4 nitrogen and oxygen atoms in total. The number of hydrogen-bond acceptors (Lipinski definition) is 2. The van der Waals surface area contributed by atoms with Crippen molar-refractivity contribution in [3.05, 3.63) is 52.6 Å². The first-order valence-electron chi connectivity index (χ1n) is 9.16. The van der Waals surface area contributed by atoms with E-state index >= 15 is 0 Å². The van der Waals surface area contributed by atoms with Crippen molar-refractivity contribution in [3.8, 4) is 0 Å². The van der Waals surface area contributed by atoms with Gasteiger partial charge in [-0.2, -0.15) is 0 Å². The van der Waals surface area contributed by atoms with E-state index in [1.165, 1.54) is 6.42 Å². The minimum Gasteiger partial charge on any atom is -0.338 e. The SMILES string of the molecule is CCCCn1ccnc1[C@@H]1CCCN(C(=O)c2ccc(Cl)c(C)c2)C1. The van der Waals surface area contributed by atoms with Crippen molar-refractivity contribution < 1.29 is 4.79 Å². The Morgan fingerprint density at radius 2 is 2.24 bits per heavy atom. The highest BCUT2D eigenvalue weighted by molar-refractivity contribution is 6.31. The maximum Gasteiger partial charge on any atom is 0.253 e. The van der Waals surface area contributed by atoms with Gasteiger partial charge in [-0.05, 0) is 49.9 Å². The van der Waals surface area contributed by atoms with Crippen molar-refractivity contribution in [2.75, 3.05) is 13.1 Å². The topological polar surface area (TPSA) is 38.1 Å². The number of carbonyl (C=O) groups is 1. The van der Waals surface area contributed by atoms with Crippen molar-refractivity contribution in [2.24, 2.45) is 0 Å². The van der Waals surface area contributed by atoms with Gasteiger partial charge in [0.1, 0.15) is 5.82 Å². The molecule has 2 heterocycles. The van der Waals surface area contributed by atoms with E-state index in [2.05, 4.69) is 22.7 Å². The Bertz CT molecular complexity index is 740. The largest absolute Gasteiger partial charge is 0.338 e. The molecule has 5 heteroatoms. The van der Waals surface area contributed by atoms with Gasteiger partial charge in [0, 0.05) is 48.5 Å². The van der Waals surface area contributed by atoms with Crippen molar-refractivity contribution >= 4 is 17.5 Å². The summed E-state index contributed by atoms with van der Waals surface area (Å²) < 4.78 is 2.26. The third-order valence-corrected chi connectivity index (χ3v) is 5.40. The van der Waals surface area contributed by atoms with Gasteiger partial charge in [0.2, 0.25) is 0 Å². The van der Waals surface area contributed by atoms with Crippen molar-refractivity contribution in [1.29, 1.82) is 0 Å². The van der Waals surface area contributed by atoms with Gasteiger partial charge in [0.05, 0.1) is 0 Å². The number of nitrogens with zero attached hydrogens (tertiary/aromatic N) is 3. The molecule has 1 atom stereocenters. The summed E-state index contributed by atoms with van der Waals surface area (Å²) in [4.78, 5) is 19.5. The van der Waals surface area contributed by atoms with Gasteiger partial charge in [-0.25, -0.2) is 4.98 Å². The second-order valence-corrected chi connectivity index (χ2v) is 7.29. The molecule has 0 saturated carbocycles. The van der Waals surface area contributed by atoms with Gasteiger partial charge >= 0.3 is 0 Å². The number of imidazole rings is 1. The quantitative estimate of drug-likeness (QED) is 0.778. The number of halogens is 1. The van der Waals surface area contributed by atoms with Crippen molar-refractivity contribution in [3.63, 3.8) is 0 Å². The summed E-state index contributed by atoms with van der Waals surface area (Å²) in [6.45, 7) is 6.69. The number of unbranched alkanes of at least 4 members (excludes halogenated alkanes) is 1. The van der Waals surface area contributed by atoms with Gasteiger partial charge < -0.3 is 9.47 Å². The number of rotatable bonds is 5. The number of likely N-dealkylation sites (tertiary alicyclic amines) is 1. The standard InChI is InChI=1S/C20H26ClN3O/c1-3-4-10-23-12-9-22-19(23)17-6-5-11-24(14-17)20(25)16-7-8-18(21)15(2)13-16/h7-9,12-13,17H,3-6,10-11,14H2,1-2H3/t17-/m1/s1. The predicted octanol–water partition coefficient (Wildman–Crippen LogP) is 4.66. The number of piperidine rings is 1. The molecule has 1 aromatic heterocycles. The summed E-state index contributed by atoms with van der Waals surface area (Å²) in [6, 6.07) is 5.52. The lowest BCUT2D eigenvalue weighted by molar-refractivity contribution is 0.0703. The second-order valence-electron chi connectivity index (χ2n) is 6.89. The van der Waals surface area contributed by atoms with Crippen LogP contribution in [0.1, 0.15) is 60.3 Å². The molecule has 0 bridgehead atoms. The minimum atomic E-state index is 0.0936. The minimum absolute atomic E-state index is 0.0936. The fourth-order valence-electron chi connectivity index (χ4n) is 3.53. The van der Waals surface area contributed by atoms with E-state index in [0.29, 0.717) is 10.9 Å². The smallest absolute Gasteiger partial charge is 0.253 e. The van der Waals surface area contributed by atoms with Gasteiger partial charge in [0.15, 0.2) is 0 Å². The lowest BCUT2D eigenvalue weighted by Crippen LogP contribution is -2.39. The number of benzene rings is 1. The molecule has 2 aromatic rings. The zero-order valence-electron chi connectivity index (χ0n) is 15.0. The molecule has 1 aromatic carbocycles. The molecular formula is C20H26ClN3O. The Morgan fingerprint density at radius 3 is 3.00 bits per heavy atom. The van der Waals surface area contributed by atoms with E-state index in [0.717, 1.165) is 55.8 Å². The molecule has 1 aliphatic rings. The van der Waals surface area contributed by atoms with Crippen LogP contribution in [-0.2, 0) is 6.54 Å². The molecule has 0 N–H and O–H groups in total. The van der Waals surface area contributed by atoms with Crippen LogP contribution in [0.3, 0.4) is 0 Å². The number of aromatic nitrogens is 2. The highest BCUT2D eigenvalue weighted by Crippen LogP contribution is 2.27. The molecule has 1 saturated heterocycles. The van der Waals surface area contributed by atoms with E-state index in [1.54, 1.807) is 0 Å². The molecule has 0 radical (unpaired) electrons. The lowest BCUT2D eigenvalue weighted by Gasteiger charge is -2.33. The number of amides is 1. The fourth-order valence-corrected chi connectivity index (χ4v) is 3.65. The Morgan fingerprint density at radius 1 is 1.40 bits per heavy atom. The zero-order valence-corrected chi connectivity index (χ0v) is 15.8. The summed E-state index contributed by atoms with van der Waals surface area (Å²) >= 11 is 6.08. The van der Waals surface area contributed by atoms with Gasteiger partial charge in [-0.15, -0.1) is 0 Å². The average Bonchev–Trinajstić information content (AvgIpc) is 3.10. The summed E-state index contributed by atoms with van der Waals surface area (Å²) in [5.41, 5.74) is 1.66. The molecular weight excluding hydrogens is 334 g/mol. The highest BCUT2D eigenvalue weighted by Gasteiger charge is 2.28. The van der Waals surface area contributed by atoms with Gasteiger partial charge in [-0.3, -0.25) is 4.79 Å². The monoisotopic (exact) mass is 359 g/mol. The summed E-state index contributed by atoms with van der Waals surface area (Å²) in [7, 11) is 0. The van der Waals surface area contributed by atoms with Gasteiger partial charge in [-0.1, -0.05) is 24.9 Å². The van der Waals surface area contributed by atoms with Gasteiger partial charge in [0.25, 0.3) is 5.91 Å². The summed E-state index contributed by atoms with van der Waals surface area (Å²) in [6.07, 6.45) is 8.38. The Kier molecular flexibility index (Phi) is 5.79. The van der Waals surface area contributed by atoms with Crippen LogP contribution in [-0.4, -0.2) is 33.4 Å². The number of aryl methyl sites for hydroxylation is 2. The molecule has 3 rings (SSSR count). The molecule has 1 fully saturated rings. The molecule has 1 aliphatic heterocycles.